The number of rotatable bonds is 6. The summed E-state index contributed by atoms with van der Waals surface area (Å²) in [6, 6.07) is 3.19. The minimum Gasteiger partial charge on any atom is -0.351 e. The molecule has 1 aromatic rings. The fourth-order valence-electron chi connectivity index (χ4n) is 2.55. The molecule has 0 saturated carbocycles. The molecule has 1 aliphatic heterocycles. The van der Waals surface area contributed by atoms with Crippen molar-refractivity contribution >= 4 is 37.3 Å². The molecule has 1 fully saturated rings. The first-order chi connectivity index (χ1) is 11.5. The monoisotopic (exact) mass is 409 g/mol. The number of hydrogen-bond acceptors (Lipinski definition) is 6. The van der Waals surface area contributed by atoms with Crippen LogP contribution in [0.3, 0.4) is 0 Å². The molecule has 1 aliphatic rings. The Hall–Kier alpha value is -1.01. The van der Waals surface area contributed by atoms with E-state index in [1.807, 2.05) is 0 Å². The molecule has 1 saturated heterocycles. The molecule has 1 amide bonds. The van der Waals surface area contributed by atoms with Crippen molar-refractivity contribution in [3.63, 3.8) is 0 Å². The molecule has 0 aromatic carbocycles. The molecule has 25 heavy (non-hydrogen) atoms. The molecule has 1 N–H and O–H groups in total. The second-order valence-electron chi connectivity index (χ2n) is 6.19. The van der Waals surface area contributed by atoms with E-state index < -0.39 is 20.0 Å². The van der Waals surface area contributed by atoms with Gasteiger partial charge < -0.3 is 5.32 Å². The van der Waals surface area contributed by atoms with Gasteiger partial charge in [0.05, 0.1) is 18.7 Å². The first kappa shape index (κ1) is 20.3. The summed E-state index contributed by atoms with van der Waals surface area (Å²) in [4.78, 5) is 13.0. The first-order valence-electron chi connectivity index (χ1n) is 7.76. The van der Waals surface area contributed by atoms with Gasteiger partial charge in [-0.25, -0.2) is 25.4 Å². The highest BCUT2D eigenvalue weighted by Gasteiger charge is 2.30. The number of carbonyl (C=O) groups is 1. The summed E-state index contributed by atoms with van der Waals surface area (Å²) in [5.41, 5.74) is 0. The third-order valence-electron chi connectivity index (χ3n) is 4.03. The highest BCUT2D eigenvalue weighted by Crippen LogP contribution is 2.24. The Balaban J connectivity index is 1.96. The predicted octanol–water partition coefficient (Wildman–Crippen LogP) is 0.286. The van der Waals surface area contributed by atoms with Crippen molar-refractivity contribution in [2.45, 2.75) is 23.6 Å². The Morgan fingerprint density at radius 2 is 2.00 bits per heavy atom. The molecule has 1 aromatic heterocycles. The van der Waals surface area contributed by atoms with E-state index in [4.69, 9.17) is 0 Å². The van der Waals surface area contributed by atoms with E-state index >= 15 is 0 Å². The van der Waals surface area contributed by atoms with Crippen LogP contribution < -0.4 is 5.32 Å². The predicted molar refractivity (Wildman–Crippen MR) is 96.2 cm³/mol. The largest absolute Gasteiger partial charge is 0.351 e. The molecule has 8 nitrogen and oxygen atoms in total. The second-order valence-corrected chi connectivity index (χ2v) is 11.7. The lowest BCUT2D eigenvalue weighted by Gasteiger charge is -2.30. The third kappa shape index (κ3) is 5.00. The van der Waals surface area contributed by atoms with Gasteiger partial charge >= 0.3 is 0 Å². The van der Waals surface area contributed by atoms with Crippen molar-refractivity contribution in [2.24, 2.45) is 5.92 Å². The van der Waals surface area contributed by atoms with Crippen molar-refractivity contribution in [1.82, 2.24) is 13.9 Å². The van der Waals surface area contributed by atoms with Crippen LogP contribution in [-0.4, -0.2) is 64.8 Å². The molecular formula is C14H23N3O5S3. The van der Waals surface area contributed by atoms with Gasteiger partial charge in [-0.1, -0.05) is 0 Å². The molecule has 2 rings (SSSR count). The number of hydrogen-bond donors (Lipinski definition) is 1. The maximum atomic E-state index is 12.3. The van der Waals surface area contributed by atoms with Gasteiger partial charge in [0.25, 0.3) is 10.0 Å². The third-order valence-corrected chi connectivity index (χ3v) is 8.67. The van der Waals surface area contributed by atoms with Crippen LogP contribution in [0.25, 0.3) is 0 Å². The van der Waals surface area contributed by atoms with Crippen molar-refractivity contribution < 1.29 is 21.6 Å². The lowest BCUT2D eigenvalue weighted by molar-refractivity contribution is -0.126. The number of nitrogens with zero attached hydrogens (tertiary/aromatic N) is 2. The quantitative estimate of drug-likeness (QED) is 0.727. The number of amides is 1. The maximum Gasteiger partial charge on any atom is 0.252 e. The van der Waals surface area contributed by atoms with E-state index in [0.29, 0.717) is 19.4 Å². The van der Waals surface area contributed by atoms with Crippen molar-refractivity contribution in [1.29, 1.82) is 0 Å². The SMILES string of the molecule is CN(C)S(=O)(=O)c1ccc(CNC(=O)[C@H]2CCCN(S(C)(=O)=O)C2)s1. The normalized spacial score (nSPS) is 19.9. The Morgan fingerprint density at radius 1 is 1.32 bits per heavy atom. The molecule has 0 unspecified atom stereocenters. The smallest absolute Gasteiger partial charge is 0.252 e. The first-order valence-corrected chi connectivity index (χ1v) is 11.9. The Labute approximate surface area is 152 Å². The fourth-order valence-corrected chi connectivity index (χ4v) is 5.92. The van der Waals surface area contributed by atoms with Crippen LogP contribution in [0.15, 0.2) is 16.3 Å². The van der Waals surface area contributed by atoms with E-state index in [9.17, 15) is 21.6 Å². The minimum absolute atomic E-state index is 0.190. The molecular weight excluding hydrogens is 386 g/mol. The molecule has 0 bridgehead atoms. The van der Waals surface area contributed by atoms with E-state index in [1.54, 1.807) is 6.07 Å². The van der Waals surface area contributed by atoms with Crippen molar-refractivity contribution in [3.05, 3.63) is 17.0 Å². The summed E-state index contributed by atoms with van der Waals surface area (Å²) in [6.07, 6.45) is 2.43. The van der Waals surface area contributed by atoms with Gasteiger partial charge in [0.1, 0.15) is 4.21 Å². The highest BCUT2D eigenvalue weighted by atomic mass is 32.2. The van der Waals surface area contributed by atoms with Crippen LogP contribution >= 0.6 is 11.3 Å². The summed E-state index contributed by atoms with van der Waals surface area (Å²) in [5, 5.41) is 2.78. The van der Waals surface area contributed by atoms with Crippen molar-refractivity contribution in [3.8, 4) is 0 Å². The molecule has 0 radical (unpaired) electrons. The average Bonchev–Trinajstić information content (AvgIpc) is 3.01. The lowest BCUT2D eigenvalue weighted by atomic mass is 9.99. The lowest BCUT2D eigenvalue weighted by Crippen LogP contribution is -2.44. The zero-order valence-electron chi connectivity index (χ0n) is 14.4. The summed E-state index contributed by atoms with van der Waals surface area (Å²) < 4.78 is 50.0. The zero-order chi connectivity index (χ0) is 18.8. The maximum absolute atomic E-state index is 12.3. The average molecular weight is 410 g/mol. The van der Waals surface area contributed by atoms with Crippen LogP contribution in [0.1, 0.15) is 17.7 Å². The Morgan fingerprint density at radius 3 is 2.60 bits per heavy atom. The minimum atomic E-state index is -3.47. The van der Waals surface area contributed by atoms with Crippen LogP contribution in [0, 0.1) is 5.92 Å². The number of thiophene rings is 1. The van der Waals surface area contributed by atoms with Gasteiger partial charge in [0.2, 0.25) is 15.9 Å². The summed E-state index contributed by atoms with van der Waals surface area (Å²) >= 11 is 1.11. The van der Waals surface area contributed by atoms with Crippen LogP contribution in [0.5, 0.6) is 0 Å². The van der Waals surface area contributed by atoms with Gasteiger partial charge in [-0.15, -0.1) is 11.3 Å². The van der Waals surface area contributed by atoms with Gasteiger partial charge in [-0.05, 0) is 25.0 Å². The van der Waals surface area contributed by atoms with Crippen LogP contribution in [0.2, 0.25) is 0 Å². The van der Waals surface area contributed by atoms with Crippen LogP contribution in [-0.2, 0) is 31.4 Å². The fraction of sp³-hybridized carbons (Fsp3) is 0.643. The zero-order valence-corrected chi connectivity index (χ0v) is 16.9. The standard InChI is InChI=1S/C14H23N3O5S3/c1-16(2)25(21,22)13-7-6-12(23-13)9-15-14(18)11-5-4-8-17(10-11)24(3,19)20/h6-7,11H,4-5,8-10H2,1-3H3,(H,15,18)/t11-/m0/s1. The van der Waals surface area contributed by atoms with E-state index in [-0.39, 0.29) is 29.1 Å². The molecule has 1 atom stereocenters. The van der Waals surface area contributed by atoms with Gasteiger partial charge in [-0.2, -0.15) is 0 Å². The molecule has 0 spiro atoms. The summed E-state index contributed by atoms with van der Waals surface area (Å²) in [5.74, 6) is -0.591. The van der Waals surface area contributed by atoms with Gasteiger partial charge in [0.15, 0.2) is 0 Å². The molecule has 2 heterocycles. The summed E-state index contributed by atoms with van der Waals surface area (Å²) in [7, 11) is -3.84. The van der Waals surface area contributed by atoms with E-state index in [0.717, 1.165) is 26.8 Å². The Kier molecular flexibility index (Phi) is 6.26. The number of nitrogens with one attached hydrogen (secondary N) is 1. The van der Waals surface area contributed by atoms with Crippen molar-refractivity contribution in [2.75, 3.05) is 33.4 Å². The Bertz CT molecular complexity index is 830. The molecule has 142 valence electrons. The topological polar surface area (TPSA) is 104 Å². The van der Waals surface area contributed by atoms with Crippen LogP contribution in [0.4, 0.5) is 0 Å². The second kappa shape index (κ2) is 7.70. The van der Waals surface area contributed by atoms with E-state index in [1.165, 1.54) is 24.5 Å². The van der Waals surface area contributed by atoms with E-state index in [2.05, 4.69) is 5.32 Å². The highest BCUT2D eigenvalue weighted by molar-refractivity contribution is 7.91. The van der Waals surface area contributed by atoms with Gasteiger partial charge in [-0.3, -0.25) is 4.79 Å². The molecule has 11 heteroatoms. The molecule has 0 aliphatic carbocycles. The summed E-state index contributed by atoms with van der Waals surface area (Å²) in [6.45, 7) is 0.858. The number of sulfonamides is 2. The number of piperidine rings is 1. The number of carbonyl (C=O) groups excluding carboxylic acids is 1. The van der Waals surface area contributed by atoms with Gasteiger partial charge in [0, 0.05) is 32.1 Å².